The number of amides is 1. The van der Waals surface area contributed by atoms with Gasteiger partial charge in [0.05, 0.1) is 16.5 Å². The second-order valence-corrected chi connectivity index (χ2v) is 6.68. The highest BCUT2D eigenvalue weighted by Gasteiger charge is 2.21. The normalized spacial score (nSPS) is 13.9. The maximum atomic E-state index is 12.5. The van der Waals surface area contributed by atoms with Gasteiger partial charge in [-0.2, -0.15) is 0 Å². The van der Waals surface area contributed by atoms with Crippen LogP contribution in [0.2, 0.25) is 0 Å². The highest BCUT2D eigenvalue weighted by atomic mass is 16.5. The number of esters is 1. The van der Waals surface area contributed by atoms with E-state index < -0.39 is 18.0 Å². The van der Waals surface area contributed by atoms with Gasteiger partial charge in [-0.05, 0) is 38.5 Å². The zero-order valence-electron chi connectivity index (χ0n) is 15.4. The van der Waals surface area contributed by atoms with Crippen molar-refractivity contribution in [3.8, 4) is 0 Å². The molecular weight excluding hydrogens is 364 g/mol. The van der Waals surface area contributed by atoms with Crippen LogP contribution in [0.25, 0.3) is 10.9 Å². The summed E-state index contributed by atoms with van der Waals surface area (Å²) in [7, 11) is 0. The molecule has 1 amide bonds. The summed E-state index contributed by atoms with van der Waals surface area (Å²) in [5.41, 5.74) is 0.565. The molecule has 1 N–H and O–H groups in total. The van der Waals surface area contributed by atoms with Gasteiger partial charge < -0.3 is 14.6 Å². The third kappa shape index (κ3) is 3.26. The number of fused-ring (bicyclic) bond motifs is 2. The van der Waals surface area contributed by atoms with Gasteiger partial charge in [0, 0.05) is 19.0 Å². The Hall–Kier alpha value is -3.49. The summed E-state index contributed by atoms with van der Waals surface area (Å²) in [5, 5.41) is 6.62. The molecule has 0 radical (unpaired) electrons. The van der Waals surface area contributed by atoms with Gasteiger partial charge in [-0.3, -0.25) is 14.2 Å². The SMILES string of the molecule is Cc1cc(NC(=O)[C@H](C)OC(=O)c2ccc3c(=O)n4c(nc3c2)CCC4)no1. The lowest BCUT2D eigenvalue weighted by Gasteiger charge is -2.12. The lowest BCUT2D eigenvalue weighted by atomic mass is 10.1. The van der Waals surface area contributed by atoms with Gasteiger partial charge in [-0.25, -0.2) is 9.78 Å². The Morgan fingerprint density at radius 1 is 1.32 bits per heavy atom. The number of carbonyl (C=O) groups excluding carboxylic acids is 2. The second kappa shape index (κ2) is 6.91. The van der Waals surface area contributed by atoms with Gasteiger partial charge in [0.25, 0.3) is 11.5 Å². The molecule has 0 spiro atoms. The highest BCUT2D eigenvalue weighted by Crippen LogP contribution is 2.17. The third-order valence-electron chi connectivity index (χ3n) is 4.58. The van der Waals surface area contributed by atoms with Crippen LogP contribution in [-0.2, 0) is 22.5 Å². The predicted molar refractivity (Wildman–Crippen MR) is 99.1 cm³/mol. The number of hydrogen-bond donors (Lipinski definition) is 1. The molecule has 1 atom stereocenters. The molecule has 0 unspecified atom stereocenters. The first kappa shape index (κ1) is 17.9. The Labute approximate surface area is 159 Å². The fraction of sp³-hybridized carbons (Fsp3) is 0.316. The minimum Gasteiger partial charge on any atom is -0.449 e. The lowest BCUT2D eigenvalue weighted by molar-refractivity contribution is -0.123. The van der Waals surface area contributed by atoms with Gasteiger partial charge in [-0.1, -0.05) is 5.16 Å². The molecular formula is C19H18N4O5. The van der Waals surface area contributed by atoms with Crippen molar-refractivity contribution in [2.24, 2.45) is 0 Å². The first-order valence-corrected chi connectivity index (χ1v) is 8.91. The quantitative estimate of drug-likeness (QED) is 0.684. The van der Waals surface area contributed by atoms with Crippen LogP contribution >= 0.6 is 0 Å². The first-order chi connectivity index (χ1) is 13.4. The van der Waals surface area contributed by atoms with Crippen LogP contribution in [0.3, 0.4) is 0 Å². The number of carbonyl (C=O) groups is 2. The van der Waals surface area contributed by atoms with Crippen LogP contribution in [-0.4, -0.2) is 32.7 Å². The minimum atomic E-state index is -1.04. The monoisotopic (exact) mass is 382 g/mol. The van der Waals surface area contributed by atoms with E-state index in [1.165, 1.54) is 19.1 Å². The van der Waals surface area contributed by atoms with E-state index in [4.69, 9.17) is 9.26 Å². The van der Waals surface area contributed by atoms with Gasteiger partial charge in [0.2, 0.25) is 0 Å². The fourth-order valence-corrected chi connectivity index (χ4v) is 3.15. The molecule has 0 saturated heterocycles. The van der Waals surface area contributed by atoms with Gasteiger partial charge in [0.15, 0.2) is 11.9 Å². The van der Waals surface area contributed by atoms with Crippen molar-refractivity contribution in [2.45, 2.75) is 39.3 Å². The van der Waals surface area contributed by atoms with E-state index in [0.717, 1.165) is 18.7 Å². The lowest BCUT2D eigenvalue weighted by Crippen LogP contribution is -2.30. The third-order valence-corrected chi connectivity index (χ3v) is 4.58. The number of aryl methyl sites for hydroxylation is 2. The molecule has 9 heteroatoms. The number of nitrogens with one attached hydrogen (secondary N) is 1. The van der Waals surface area contributed by atoms with Crippen LogP contribution < -0.4 is 10.9 Å². The molecule has 1 aromatic carbocycles. The summed E-state index contributed by atoms with van der Waals surface area (Å²) in [6.07, 6.45) is 0.572. The Bertz CT molecular complexity index is 1150. The molecule has 0 fully saturated rings. The zero-order chi connectivity index (χ0) is 19.8. The van der Waals surface area contributed by atoms with E-state index in [-0.39, 0.29) is 16.9 Å². The van der Waals surface area contributed by atoms with E-state index in [2.05, 4.69) is 15.5 Å². The molecule has 0 bridgehead atoms. The molecule has 4 rings (SSSR count). The van der Waals surface area contributed by atoms with Crippen molar-refractivity contribution in [1.82, 2.24) is 14.7 Å². The van der Waals surface area contributed by atoms with Crippen LogP contribution in [0.1, 0.15) is 35.3 Å². The van der Waals surface area contributed by atoms with Gasteiger partial charge >= 0.3 is 5.97 Å². The summed E-state index contributed by atoms with van der Waals surface area (Å²) < 4.78 is 11.8. The smallest absolute Gasteiger partial charge is 0.338 e. The Balaban J connectivity index is 1.51. The average Bonchev–Trinajstić information content (AvgIpc) is 3.30. The van der Waals surface area contributed by atoms with Crippen molar-refractivity contribution in [3.05, 3.63) is 51.8 Å². The molecule has 2 aromatic heterocycles. The van der Waals surface area contributed by atoms with Crippen molar-refractivity contribution in [3.63, 3.8) is 0 Å². The van der Waals surface area contributed by atoms with Crippen molar-refractivity contribution in [1.29, 1.82) is 0 Å². The highest BCUT2D eigenvalue weighted by molar-refractivity contribution is 5.98. The molecule has 144 valence electrons. The molecule has 3 heterocycles. The van der Waals surface area contributed by atoms with Gasteiger partial charge in [-0.15, -0.1) is 0 Å². The largest absolute Gasteiger partial charge is 0.449 e. The van der Waals surface area contributed by atoms with Crippen LogP contribution in [0.15, 0.2) is 33.6 Å². The molecule has 1 aliphatic heterocycles. The Morgan fingerprint density at radius 3 is 2.89 bits per heavy atom. The average molecular weight is 382 g/mol. The number of rotatable bonds is 4. The summed E-state index contributed by atoms with van der Waals surface area (Å²) in [4.78, 5) is 41.6. The maximum absolute atomic E-state index is 12.5. The van der Waals surface area contributed by atoms with E-state index >= 15 is 0 Å². The number of anilines is 1. The van der Waals surface area contributed by atoms with E-state index in [9.17, 15) is 14.4 Å². The molecule has 0 saturated carbocycles. The first-order valence-electron chi connectivity index (χ1n) is 8.91. The summed E-state index contributed by atoms with van der Waals surface area (Å²) >= 11 is 0. The summed E-state index contributed by atoms with van der Waals surface area (Å²) in [6, 6.07) is 6.14. The predicted octanol–water partition coefficient (Wildman–Crippen LogP) is 1.82. The van der Waals surface area contributed by atoms with Gasteiger partial charge in [0.1, 0.15) is 11.6 Å². The molecule has 28 heavy (non-hydrogen) atoms. The number of nitrogens with zero attached hydrogens (tertiary/aromatic N) is 3. The van der Waals surface area contributed by atoms with Crippen molar-refractivity contribution >= 4 is 28.6 Å². The van der Waals surface area contributed by atoms with Crippen LogP contribution in [0.5, 0.6) is 0 Å². The zero-order valence-corrected chi connectivity index (χ0v) is 15.4. The van der Waals surface area contributed by atoms with Crippen molar-refractivity contribution in [2.75, 3.05) is 5.32 Å². The molecule has 0 aliphatic carbocycles. The summed E-state index contributed by atoms with van der Waals surface area (Å²) in [6.45, 7) is 3.82. The van der Waals surface area contributed by atoms with Crippen LogP contribution in [0, 0.1) is 6.92 Å². The van der Waals surface area contributed by atoms with Crippen LogP contribution in [0.4, 0.5) is 5.82 Å². The maximum Gasteiger partial charge on any atom is 0.338 e. The Morgan fingerprint density at radius 2 is 2.14 bits per heavy atom. The molecule has 3 aromatic rings. The number of aromatic nitrogens is 3. The number of hydrogen-bond acceptors (Lipinski definition) is 7. The van der Waals surface area contributed by atoms with Crippen molar-refractivity contribution < 1.29 is 18.8 Å². The van der Waals surface area contributed by atoms with E-state index in [1.54, 1.807) is 23.6 Å². The Kier molecular flexibility index (Phi) is 4.42. The van der Waals surface area contributed by atoms with E-state index in [1.807, 2.05) is 0 Å². The summed E-state index contributed by atoms with van der Waals surface area (Å²) in [5.74, 6) is 0.305. The minimum absolute atomic E-state index is 0.104. The molecule has 9 nitrogen and oxygen atoms in total. The molecule has 1 aliphatic rings. The van der Waals surface area contributed by atoms with E-state index in [0.29, 0.717) is 23.2 Å². The fourth-order valence-electron chi connectivity index (χ4n) is 3.15. The standard InChI is InChI=1S/C19H18N4O5/c1-10-8-15(22-28-10)21-17(24)11(2)27-19(26)12-5-6-13-14(9-12)20-16-4-3-7-23(16)18(13)25/h5-6,8-9,11H,3-4,7H2,1-2H3,(H,21,22,24)/t11-/m0/s1. The number of ether oxygens (including phenoxy) is 1. The number of benzene rings is 1. The topological polar surface area (TPSA) is 116 Å². The second-order valence-electron chi connectivity index (χ2n) is 6.68.